The number of para-hydroxylation sites is 1. The number of amides is 1. The normalized spacial score (nSPS) is 13.6. The van der Waals surface area contributed by atoms with Crippen molar-refractivity contribution in [1.82, 2.24) is 5.32 Å². The van der Waals surface area contributed by atoms with Crippen molar-refractivity contribution in [2.75, 3.05) is 13.7 Å². The van der Waals surface area contributed by atoms with E-state index in [4.69, 9.17) is 10.5 Å². The Hall–Kier alpha value is -2.22. The van der Waals surface area contributed by atoms with Crippen LogP contribution in [0.2, 0.25) is 0 Å². The number of benzene rings is 1. The van der Waals surface area contributed by atoms with Gasteiger partial charge in [-0.3, -0.25) is 14.9 Å². The molecule has 3 N–H and O–H groups in total. The highest BCUT2D eigenvalue weighted by atomic mass is 19.1. The number of carbonyl (C=O) groups is 1. The van der Waals surface area contributed by atoms with Crippen LogP contribution in [-0.4, -0.2) is 30.0 Å². The van der Waals surface area contributed by atoms with Crippen LogP contribution >= 0.6 is 0 Å². The Morgan fingerprint density at radius 1 is 1.63 bits per heavy atom. The van der Waals surface area contributed by atoms with Gasteiger partial charge in [0.15, 0.2) is 5.82 Å². The molecule has 0 radical (unpaired) electrons. The maximum absolute atomic E-state index is 13.5. The molecule has 0 saturated heterocycles. The standard InChI is InChI=1S/C11H14FN3O4/c1-11(14-2,10(13)16)6-19-9-7(12)4-3-5-8(9)15(17)18/h3-5,14H,6H2,1-2H3,(H2,13,16). The number of hydrogen-bond acceptors (Lipinski definition) is 5. The molecule has 1 atom stereocenters. The summed E-state index contributed by atoms with van der Waals surface area (Å²) in [5.41, 5.74) is 3.41. The van der Waals surface area contributed by atoms with Crippen LogP contribution < -0.4 is 15.8 Å². The smallest absolute Gasteiger partial charge is 0.314 e. The van der Waals surface area contributed by atoms with Crippen molar-refractivity contribution in [2.45, 2.75) is 12.5 Å². The van der Waals surface area contributed by atoms with Crippen LogP contribution in [0, 0.1) is 15.9 Å². The third kappa shape index (κ3) is 3.16. The van der Waals surface area contributed by atoms with Gasteiger partial charge in [-0.05, 0) is 20.0 Å². The molecule has 0 spiro atoms. The van der Waals surface area contributed by atoms with Gasteiger partial charge in [0.1, 0.15) is 12.1 Å². The van der Waals surface area contributed by atoms with Gasteiger partial charge in [0.25, 0.3) is 0 Å². The first kappa shape index (κ1) is 14.8. The number of rotatable bonds is 6. The van der Waals surface area contributed by atoms with Crippen molar-refractivity contribution in [3.63, 3.8) is 0 Å². The molecule has 1 amide bonds. The minimum absolute atomic E-state index is 0.333. The van der Waals surface area contributed by atoms with E-state index in [1.165, 1.54) is 20.0 Å². The third-order valence-electron chi connectivity index (χ3n) is 2.74. The number of halogens is 1. The number of likely N-dealkylation sites (N-methyl/N-ethyl adjacent to an activating group) is 1. The van der Waals surface area contributed by atoms with Gasteiger partial charge in [0.05, 0.1) is 4.92 Å². The molecule has 0 aliphatic carbocycles. The fourth-order valence-electron chi connectivity index (χ4n) is 1.27. The maximum atomic E-state index is 13.5. The van der Waals surface area contributed by atoms with Gasteiger partial charge in [0, 0.05) is 6.07 Å². The summed E-state index contributed by atoms with van der Waals surface area (Å²) in [5.74, 6) is -2.11. The van der Waals surface area contributed by atoms with Gasteiger partial charge in [-0.1, -0.05) is 6.07 Å². The topological polar surface area (TPSA) is 107 Å². The predicted molar refractivity (Wildman–Crippen MR) is 65.2 cm³/mol. The fraction of sp³-hybridized carbons (Fsp3) is 0.364. The number of nitrogens with one attached hydrogen (secondary N) is 1. The quantitative estimate of drug-likeness (QED) is 0.581. The average molecular weight is 271 g/mol. The lowest BCUT2D eigenvalue weighted by atomic mass is 10.0. The van der Waals surface area contributed by atoms with Crippen molar-refractivity contribution in [3.05, 3.63) is 34.1 Å². The molecule has 0 aromatic heterocycles. The van der Waals surface area contributed by atoms with E-state index < -0.39 is 33.6 Å². The number of carbonyl (C=O) groups excluding carboxylic acids is 1. The van der Waals surface area contributed by atoms with E-state index in [2.05, 4.69) is 5.32 Å². The molecule has 0 aliphatic rings. The number of nitrogens with zero attached hydrogens (tertiary/aromatic N) is 1. The van der Waals surface area contributed by atoms with Gasteiger partial charge in [0.2, 0.25) is 11.7 Å². The van der Waals surface area contributed by atoms with E-state index >= 15 is 0 Å². The highest BCUT2D eigenvalue weighted by Crippen LogP contribution is 2.30. The van der Waals surface area contributed by atoms with E-state index in [0.717, 1.165) is 12.1 Å². The van der Waals surface area contributed by atoms with Crippen molar-refractivity contribution < 1.29 is 18.8 Å². The lowest BCUT2D eigenvalue weighted by molar-refractivity contribution is -0.386. The van der Waals surface area contributed by atoms with E-state index in [9.17, 15) is 19.3 Å². The molecule has 0 saturated carbocycles. The van der Waals surface area contributed by atoms with Crippen molar-refractivity contribution in [3.8, 4) is 5.75 Å². The first-order chi connectivity index (χ1) is 8.81. The molecular formula is C11H14FN3O4. The highest BCUT2D eigenvalue weighted by molar-refractivity contribution is 5.84. The Morgan fingerprint density at radius 3 is 2.74 bits per heavy atom. The zero-order valence-corrected chi connectivity index (χ0v) is 10.5. The molecule has 1 aromatic rings. The summed E-state index contributed by atoms with van der Waals surface area (Å²) >= 11 is 0. The second-order valence-electron chi connectivity index (χ2n) is 4.08. The highest BCUT2D eigenvalue weighted by Gasteiger charge is 2.32. The molecule has 0 aliphatic heterocycles. The molecule has 0 bridgehead atoms. The Balaban J connectivity index is 3.01. The van der Waals surface area contributed by atoms with E-state index in [0.29, 0.717) is 0 Å². The number of hydrogen-bond donors (Lipinski definition) is 2. The van der Waals surface area contributed by atoms with E-state index in [1.54, 1.807) is 0 Å². The Kier molecular flexibility index (Phi) is 4.38. The monoisotopic (exact) mass is 271 g/mol. The number of primary amides is 1. The van der Waals surface area contributed by atoms with E-state index in [1.807, 2.05) is 0 Å². The zero-order valence-electron chi connectivity index (χ0n) is 10.5. The molecule has 0 fully saturated rings. The number of nitrogens with two attached hydrogens (primary N) is 1. The summed E-state index contributed by atoms with van der Waals surface area (Å²) in [5, 5.41) is 13.4. The molecule has 7 nitrogen and oxygen atoms in total. The average Bonchev–Trinajstić information content (AvgIpc) is 2.36. The van der Waals surface area contributed by atoms with E-state index in [-0.39, 0.29) is 6.61 Å². The molecule has 8 heteroatoms. The molecule has 1 rings (SSSR count). The van der Waals surface area contributed by atoms with Crippen LogP contribution in [0.3, 0.4) is 0 Å². The van der Waals surface area contributed by atoms with Crippen LogP contribution in [0.5, 0.6) is 5.75 Å². The predicted octanol–water partition coefficient (Wildman–Crippen LogP) is 0.576. The van der Waals surface area contributed by atoms with Crippen molar-refractivity contribution >= 4 is 11.6 Å². The minimum atomic E-state index is -1.25. The largest absolute Gasteiger partial charge is 0.482 e. The second-order valence-corrected chi connectivity index (χ2v) is 4.08. The Morgan fingerprint density at radius 2 is 2.26 bits per heavy atom. The summed E-state index contributed by atoms with van der Waals surface area (Å²) in [6.45, 7) is 1.11. The Bertz CT molecular complexity index is 509. The lowest BCUT2D eigenvalue weighted by Crippen LogP contribution is -2.55. The summed E-state index contributed by atoms with van der Waals surface area (Å²) in [6, 6.07) is 3.34. The fourth-order valence-corrected chi connectivity index (χ4v) is 1.27. The van der Waals surface area contributed by atoms with Crippen molar-refractivity contribution in [2.24, 2.45) is 5.73 Å². The summed E-state index contributed by atoms with van der Waals surface area (Å²) in [4.78, 5) is 21.2. The van der Waals surface area contributed by atoms with Gasteiger partial charge in [-0.25, -0.2) is 4.39 Å². The van der Waals surface area contributed by atoms with Crippen LogP contribution in [0.1, 0.15) is 6.92 Å². The van der Waals surface area contributed by atoms with Crippen LogP contribution in [0.4, 0.5) is 10.1 Å². The van der Waals surface area contributed by atoms with Crippen LogP contribution in [0.25, 0.3) is 0 Å². The molecular weight excluding hydrogens is 257 g/mol. The first-order valence-corrected chi connectivity index (χ1v) is 5.36. The van der Waals surface area contributed by atoms with Gasteiger partial charge < -0.3 is 15.8 Å². The number of nitro groups is 1. The zero-order chi connectivity index (χ0) is 14.6. The third-order valence-corrected chi connectivity index (χ3v) is 2.74. The molecule has 104 valence electrons. The second kappa shape index (κ2) is 5.61. The lowest BCUT2D eigenvalue weighted by Gasteiger charge is -2.25. The molecule has 1 aromatic carbocycles. The molecule has 0 heterocycles. The molecule has 19 heavy (non-hydrogen) atoms. The summed E-state index contributed by atoms with van der Waals surface area (Å²) in [6.07, 6.45) is 0. The SMILES string of the molecule is CNC(C)(COc1c(F)cccc1[N+](=O)[O-])C(N)=O. The van der Waals surface area contributed by atoms with Crippen molar-refractivity contribution in [1.29, 1.82) is 0 Å². The van der Waals surface area contributed by atoms with Gasteiger partial charge in [-0.2, -0.15) is 0 Å². The number of nitro benzene ring substituents is 1. The first-order valence-electron chi connectivity index (χ1n) is 5.36. The van der Waals surface area contributed by atoms with Crippen LogP contribution in [0.15, 0.2) is 18.2 Å². The van der Waals surface area contributed by atoms with Gasteiger partial charge in [-0.15, -0.1) is 0 Å². The Labute approximate surface area is 108 Å². The minimum Gasteiger partial charge on any atom is -0.482 e. The summed E-state index contributed by atoms with van der Waals surface area (Å²) in [7, 11) is 1.48. The maximum Gasteiger partial charge on any atom is 0.314 e. The van der Waals surface area contributed by atoms with Gasteiger partial charge >= 0.3 is 5.69 Å². The van der Waals surface area contributed by atoms with Crippen LogP contribution in [-0.2, 0) is 4.79 Å². The summed E-state index contributed by atoms with van der Waals surface area (Å²) < 4.78 is 18.6. The number of ether oxygens (including phenoxy) is 1. The molecule has 1 unspecified atom stereocenters.